The van der Waals surface area contributed by atoms with Gasteiger partial charge in [-0.1, -0.05) is 13.0 Å². The van der Waals surface area contributed by atoms with Crippen LogP contribution in [0.3, 0.4) is 0 Å². The van der Waals surface area contributed by atoms with E-state index in [1.165, 1.54) is 0 Å². The summed E-state index contributed by atoms with van der Waals surface area (Å²) in [6.45, 7) is 6.39. The van der Waals surface area contributed by atoms with Crippen LogP contribution in [0.2, 0.25) is 0 Å². The van der Waals surface area contributed by atoms with E-state index in [2.05, 4.69) is 31.9 Å². The lowest BCUT2D eigenvalue weighted by molar-refractivity contribution is 0.406. The van der Waals surface area contributed by atoms with Gasteiger partial charge < -0.3 is 15.4 Å². The molecule has 2 N–H and O–H groups in total. The highest BCUT2D eigenvalue weighted by atomic mass is 16.5. The molecule has 3 heteroatoms. The molecule has 0 saturated carbocycles. The fraction of sp³-hybridized carbons (Fsp3) is 0.571. The van der Waals surface area contributed by atoms with E-state index in [0.717, 1.165) is 23.4 Å². The molecule has 0 amide bonds. The van der Waals surface area contributed by atoms with E-state index in [4.69, 9.17) is 10.5 Å². The predicted molar refractivity (Wildman–Crippen MR) is 73.8 cm³/mol. The van der Waals surface area contributed by atoms with Crippen LogP contribution in [0, 0.1) is 0 Å². The van der Waals surface area contributed by atoms with Crippen molar-refractivity contribution in [1.29, 1.82) is 0 Å². The first kappa shape index (κ1) is 13.8. The highest BCUT2D eigenvalue weighted by Crippen LogP contribution is 2.34. The molecule has 17 heavy (non-hydrogen) atoms. The molecule has 0 aromatic heterocycles. The van der Waals surface area contributed by atoms with Gasteiger partial charge >= 0.3 is 0 Å². The van der Waals surface area contributed by atoms with Crippen molar-refractivity contribution < 1.29 is 4.74 Å². The molecule has 0 aliphatic heterocycles. The molecule has 0 saturated heterocycles. The van der Waals surface area contributed by atoms with Crippen LogP contribution in [0.5, 0.6) is 5.75 Å². The lowest BCUT2D eigenvalue weighted by atomic mass is 10.0. The Hall–Kier alpha value is -1.22. The van der Waals surface area contributed by atoms with Crippen LogP contribution in [0.25, 0.3) is 0 Å². The van der Waals surface area contributed by atoms with Gasteiger partial charge in [0.2, 0.25) is 0 Å². The predicted octanol–water partition coefficient (Wildman–Crippen LogP) is 2.95. The number of rotatable bonds is 5. The lowest BCUT2D eigenvalue weighted by Gasteiger charge is -2.30. The zero-order valence-electron chi connectivity index (χ0n) is 11.5. The zero-order valence-corrected chi connectivity index (χ0v) is 11.5. The summed E-state index contributed by atoms with van der Waals surface area (Å²) in [5.74, 6) is 0.868. The zero-order chi connectivity index (χ0) is 13.0. The number of ether oxygens (including phenoxy) is 1. The molecule has 96 valence electrons. The monoisotopic (exact) mass is 236 g/mol. The Kier molecular flexibility index (Phi) is 4.82. The second kappa shape index (κ2) is 5.92. The number of anilines is 1. The van der Waals surface area contributed by atoms with Gasteiger partial charge in [0.1, 0.15) is 5.75 Å². The molecule has 0 spiro atoms. The van der Waals surface area contributed by atoms with Crippen LogP contribution in [-0.4, -0.2) is 20.2 Å². The van der Waals surface area contributed by atoms with Crippen molar-refractivity contribution in [3.05, 3.63) is 23.8 Å². The SMILES string of the molecule is CCC(C)N(C)c1cccc(OC)c1[C@H](C)N. The van der Waals surface area contributed by atoms with Crippen molar-refractivity contribution in [1.82, 2.24) is 0 Å². The molecular formula is C14H24N2O. The fourth-order valence-electron chi connectivity index (χ4n) is 1.99. The molecule has 0 aliphatic rings. The first-order valence-electron chi connectivity index (χ1n) is 6.18. The number of hydrogen-bond acceptors (Lipinski definition) is 3. The van der Waals surface area contributed by atoms with Crippen LogP contribution < -0.4 is 15.4 Å². The number of benzene rings is 1. The molecule has 1 aromatic carbocycles. The third-order valence-electron chi connectivity index (χ3n) is 3.35. The summed E-state index contributed by atoms with van der Waals surface area (Å²) in [6, 6.07) is 6.53. The molecule has 1 unspecified atom stereocenters. The van der Waals surface area contributed by atoms with Gasteiger partial charge in [0.25, 0.3) is 0 Å². The average Bonchev–Trinajstić information content (AvgIpc) is 2.35. The number of methoxy groups -OCH3 is 1. The molecule has 3 nitrogen and oxygen atoms in total. The van der Waals surface area contributed by atoms with Crippen LogP contribution in [0.1, 0.15) is 38.8 Å². The van der Waals surface area contributed by atoms with Gasteiger partial charge in [0.05, 0.1) is 7.11 Å². The summed E-state index contributed by atoms with van der Waals surface area (Å²) in [4.78, 5) is 2.27. The Labute approximate surface area is 105 Å². The molecule has 0 bridgehead atoms. The smallest absolute Gasteiger partial charge is 0.125 e. The summed E-state index contributed by atoms with van der Waals surface area (Å²) >= 11 is 0. The van der Waals surface area contributed by atoms with E-state index in [1.807, 2.05) is 19.1 Å². The summed E-state index contributed by atoms with van der Waals surface area (Å²) in [6.07, 6.45) is 1.10. The third-order valence-corrected chi connectivity index (χ3v) is 3.35. The van der Waals surface area contributed by atoms with Crippen LogP contribution in [-0.2, 0) is 0 Å². The number of nitrogens with zero attached hydrogens (tertiary/aromatic N) is 1. The summed E-state index contributed by atoms with van der Waals surface area (Å²) in [5.41, 5.74) is 8.31. The second-order valence-electron chi connectivity index (χ2n) is 4.55. The highest BCUT2D eigenvalue weighted by Gasteiger charge is 2.18. The molecule has 0 heterocycles. The van der Waals surface area contributed by atoms with E-state index in [-0.39, 0.29) is 6.04 Å². The van der Waals surface area contributed by atoms with Crippen molar-refractivity contribution in [2.75, 3.05) is 19.1 Å². The second-order valence-corrected chi connectivity index (χ2v) is 4.55. The highest BCUT2D eigenvalue weighted by molar-refractivity contribution is 5.60. The molecule has 1 rings (SSSR count). The van der Waals surface area contributed by atoms with Gasteiger partial charge in [-0.05, 0) is 32.4 Å². The van der Waals surface area contributed by atoms with Crippen molar-refractivity contribution in [2.45, 2.75) is 39.3 Å². The van der Waals surface area contributed by atoms with Crippen LogP contribution in [0.4, 0.5) is 5.69 Å². The van der Waals surface area contributed by atoms with E-state index >= 15 is 0 Å². The van der Waals surface area contributed by atoms with E-state index < -0.39 is 0 Å². The number of hydrogen-bond donors (Lipinski definition) is 1. The molecule has 2 atom stereocenters. The summed E-state index contributed by atoms with van der Waals surface area (Å²) < 4.78 is 5.40. The Morgan fingerprint density at radius 3 is 2.47 bits per heavy atom. The summed E-state index contributed by atoms with van der Waals surface area (Å²) in [5, 5.41) is 0. The Balaban J connectivity index is 3.22. The van der Waals surface area contributed by atoms with Gasteiger partial charge in [-0.3, -0.25) is 0 Å². The standard InChI is InChI=1S/C14H24N2O/c1-6-10(2)16(4)12-8-7-9-13(17-5)14(12)11(3)15/h7-11H,6,15H2,1-5H3/t10?,11-/m0/s1. The maximum absolute atomic E-state index is 6.06. The van der Waals surface area contributed by atoms with Gasteiger partial charge in [-0.2, -0.15) is 0 Å². The Bertz CT molecular complexity index is 363. The topological polar surface area (TPSA) is 38.5 Å². The van der Waals surface area contributed by atoms with Gasteiger partial charge in [-0.25, -0.2) is 0 Å². The maximum atomic E-state index is 6.06. The van der Waals surface area contributed by atoms with Gasteiger partial charge in [0, 0.05) is 30.4 Å². The molecule has 1 aromatic rings. The third kappa shape index (κ3) is 2.91. The minimum Gasteiger partial charge on any atom is -0.496 e. The molecule has 0 fully saturated rings. The van der Waals surface area contributed by atoms with Crippen molar-refractivity contribution in [3.63, 3.8) is 0 Å². The van der Waals surface area contributed by atoms with Crippen molar-refractivity contribution in [2.24, 2.45) is 5.73 Å². The van der Waals surface area contributed by atoms with Crippen molar-refractivity contribution >= 4 is 5.69 Å². The molecular weight excluding hydrogens is 212 g/mol. The van der Waals surface area contributed by atoms with Crippen LogP contribution >= 0.6 is 0 Å². The van der Waals surface area contributed by atoms with E-state index in [1.54, 1.807) is 7.11 Å². The largest absolute Gasteiger partial charge is 0.496 e. The molecule has 0 radical (unpaired) electrons. The van der Waals surface area contributed by atoms with E-state index in [0.29, 0.717) is 6.04 Å². The number of nitrogens with two attached hydrogens (primary N) is 1. The average molecular weight is 236 g/mol. The van der Waals surface area contributed by atoms with Crippen LogP contribution in [0.15, 0.2) is 18.2 Å². The summed E-state index contributed by atoms with van der Waals surface area (Å²) in [7, 11) is 3.79. The first-order valence-corrected chi connectivity index (χ1v) is 6.18. The van der Waals surface area contributed by atoms with Gasteiger partial charge in [0.15, 0.2) is 0 Å². The maximum Gasteiger partial charge on any atom is 0.125 e. The quantitative estimate of drug-likeness (QED) is 0.854. The Morgan fingerprint density at radius 1 is 1.35 bits per heavy atom. The minimum atomic E-state index is -0.0346. The minimum absolute atomic E-state index is 0.0346. The first-order chi connectivity index (χ1) is 8.02. The van der Waals surface area contributed by atoms with Crippen molar-refractivity contribution in [3.8, 4) is 5.75 Å². The van der Waals surface area contributed by atoms with Gasteiger partial charge in [-0.15, -0.1) is 0 Å². The lowest BCUT2D eigenvalue weighted by Crippen LogP contribution is -2.29. The fourth-order valence-corrected chi connectivity index (χ4v) is 1.99. The normalized spacial score (nSPS) is 14.2. The Morgan fingerprint density at radius 2 is 2.00 bits per heavy atom. The van der Waals surface area contributed by atoms with E-state index in [9.17, 15) is 0 Å². The molecule has 0 aliphatic carbocycles.